The Morgan fingerprint density at radius 2 is 0.871 bits per heavy atom. The number of nitrogens with zero attached hydrogens (tertiary/aromatic N) is 10. The number of H-pyrrole nitrogens is 2. The van der Waals surface area contributed by atoms with Crippen molar-refractivity contribution >= 4 is 47.6 Å². The van der Waals surface area contributed by atoms with Gasteiger partial charge in [0, 0.05) is 77.8 Å². The Labute approximate surface area is 420 Å². The molecule has 0 aliphatic heterocycles. The van der Waals surface area contributed by atoms with Gasteiger partial charge in [-0.15, -0.1) is 0 Å². The van der Waals surface area contributed by atoms with Crippen LogP contribution in [-0.4, -0.2) is 121 Å². The first kappa shape index (κ1) is 88.7. The molecular weight excluding hydrogens is 958 g/mol. The third-order valence-electron chi connectivity index (χ3n) is 5.31. The first-order chi connectivity index (χ1) is 25.4. The van der Waals surface area contributed by atoms with Crippen LogP contribution in [0.4, 0.5) is 0 Å². The van der Waals surface area contributed by atoms with Gasteiger partial charge in [0.2, 0.25) is 11.8 Å². The van der Waals surface area contributed by atoms with Crippen molar-refractivity contribution in [2.24, 2.45) is 5.73 Å². The number of ether oxygens (including phenoxy) is 4. The Balaban J connectivity index is -0.0000000574. The quantitative estimate of drug-likeness (QED) is 0.0982. The Bertz CT molecular complexity index is 1750. The molecule has 62 heavy (non-hydrogen) atoms. The van der Waals surface area contributed by atoms with Crippen molar-refractivity contribution < 1.29 is 104 Å². The van der Waals surface area contributed by atoms with Gasteiger partial charge in [-0.3, -0.25) is 10.2 Å². The van der Waals surface area contributed by atoms with Gasteiger partial charge in [0.1, 0.15) is 35.6 Å². The summed E-state index contributed by atoms with van der Waals surface area (Å²) in [6.45, 7) is 18.0. The van der Waals surface area contributed by atoms with Gasteiger partial charge in [-0.1, -0.05) is 51.0 Å². The van der Waals surface area contributed by atoms with Gasteiger partial charge in [-0.2, -0.15) is 44.2 Å². The van der Waals surface area contributed by atoms with E-state index < -0.39 is 11.9 Å². The molecule has 0 saturated carbocycles. The average molecular weight is 1030 g/mol. The third-order valence-corrected chi connectivity index (χ3v) is 5.31. The Morgan fingerprint density at radius 1 is 0.597 bits per heavy atom. The number of carbonyl (C=O) groups excluding carboxylic acids is 4. The van der Waals surface area contributed by atoms with Crippen molar-refractivity contribution in [1.29, 1.82) is 0 Å². The summed E-state index contributed by atoms with van der Waals surface area (Å²) >= 11 is 0. The van der Waals surface area contributed by atoms with E-state index >= 15 is 0 Å². The van der Waals surface area contributed by atoms with E-state index in [9.17, 15) is 9.59 Å². The Morgan fingerprint density at radius 3 is 1.11 bits per heavy atom. The molecule has 24 heteroatoms. The van der Waals surface area contributed by atoms with Crippen LogP contribution in [-0.2, 0) is 84.5 Å². The number of aromatic nitrogens is 12. The van der Waals surface area contributed by atoms with E-state index in [1.54, 1.807) is 26.2 Å². The van der Waals surface area contributed by atoms with Crippen LogP contribution in [0.2, 0.25) is 0 Å². The number of nitrogens with two attached hydrogens (primary N) is 1. The average Bonchev–Trinajstić information content (AvgIpc) is 4.09. The second-order valence-corrected chi connectivity index (χ2v) is 7.66. The molecule has 7 N–H and O–H groups in total. The van der Waals surface area contributed by atoms with E-state index in [-0.39, 0.29) is 135 Å². The minimum Gasteiger partial charge on any atom is -0.479 e. The number of aromatic amines is 2. The maximum atomic E-state index is 11.4. The smallest absolute Gasteiger partial charge is 0.341 e. The molecular formula is C38H74N14O8Y2-4. The summed E-state index contributed by atoms with van der Waals surface area (Å²) in [6.07, 6.45) is 8.81. The van der Waals surface area contributed by atoms with Gasteiger partial charge in [-0.05, 0) is 7.05 Å². The van der Waals surface area contributed by atoms with Crippen LogP contribution >= 0.6 is 0 Å². The predicted molar refractivity (Wildman–Crippen MR) is 243 cm³/mol. The van der Waals surface area contributed by atoms with Crippen LogP contribution in [0.5, 0.6) is 11.8 Å². The largest absolute Gasteiger partial charge is 0.479 e. The van der Waals surface area contributed by atoms with E-state index in [4.69, 9.17) is 19.1 Å². The first-order valence-corrected chi connectivity index (χ1v) is 14.8. The molecule has 0 spiro atoms. The van der Waals surface area contributed by atoms with Crippen molar-refractivity contribution in [2.45, 2.75) is 64.8 Å². The number of carbonyl (C=O) groups is 4. The molecule has 0 fully saturated rings. The monoisotopic (exact) mass is 1030 g/mol. The molecule has 6 rings (SSSR count). The van der Waals surface area contributed by atoms with Crippen molar-refractivity contribution in [3.63, 3.8) is 0 Å². The number of esters is 2. The molecule has 0 aliphatic rings. The van der Waals surface area contributed by atoms with Crippen LogP contribution in [0, 0.1) is 28.7 Å². The van der Waals surface area contributed by atoms with Crippen molar-refractivity contribution in [3.8, 4) is 23.7 Å². The summed E-state index contributed by atoms with van der Waals surface area (Å²) in [5, 5.41) is 21.3. The molecule has 6 aromatic heterocycles. The van der Waals surface area contributed by atoms with Gasteiger partial charge in [0.05, 0.1) is 64.4 Å². The number of hydrogen-bond acceptors (Lipinski definition) is 18. The molecule has 0 unspecified atom stereocenters. The van der Waals surface area contributed by atoms with Crippen LogP contribution in [0.1, 0.15) is 85.5 Å². The number of rotatable bonds is 6. The predicted octanol–water partition coefficient (Wildman–Crippen LogP) is 6.82. The molecule has 2 radical (unpaired) electrons. The Hall–Kier alpha value is -4.47. The van der Waals surface area contributed by atoms with Crippen molar-refractivity contribution in [3.05, 3.63) is 77.0 Å². The minimum absolute atomic E-state index is 0. The van der Waals surface area contributed by atoms with Gasteiger partial charge < -0.3 is 69.1 Å². The van der Waals surface area contributed by atoms with Crippen molar-refractivity contribution in [2.75, 3.05) is 35.5 Å². The van der Waals surface area contributed by atoms with Crippen LogP contribution in [0.15, 0.2) is 37.2 Å². The first-order valence-electron chi connectivity index (χ1n) is 14.8. The molecule has 0 saturated heterocycles. The SMILES string of the molecule is C.C.C.C.C.C=O.C=O.CC.CN.COC(=O)c1cnn(-c2nc(OC)c3[nH]ncc3n2)c1.COC(=O)c1cnn(-c2nc(OC)c3[nH]ncc3n2)c1.N.[CH2-]C.[CH2-]C.[CH3-].[CH3-].[Y].[Y]. The van der Waals surface area contributed by atoms with E-state index in [0.29, 0.717) is 45.0 Å². The zero-order valence-electron chi connectivity index (χ0n) is 34.5. The fourth-order valence-electron chi connectivity index (χ4n) is 3.41. The second-order valence-electron chi connectivity index (χ2n) is 7.66. The van der Waals surface area contributed by atoms with Crippen LogP contribution in [0.25, 0.3) is 34.0 Å². The summed E-state index contributed by atoms with van der Waals surface area (Å²) < 4.78 is 22.3. The van der Waals surface area contributed by atoms with Gasteiger partial charge in [0.25, 0.3) is 11.9 Å². The van der Waals surface area contributed by atoms with Crippen molar-refractivity contribution in [1.82, 2.24) is 66.0 Å². The molecule has 0 atom stereocenters. The summed E-state index contributed by atoms with van der Waals surface area (Å²) in [5.74, 6) is 0.271. The zero-order chi connectivity index (χ0) is 40.2. The maximum absolute atomic E-state index is 11.4. The van der Waals surface area contributed by atoms with E-state index in [1.165, 1.54) is 69.6 Å². The third kappa shape index (κ3) is 24.8. The summed E-state index contributed by atoms with van der Waals surface area (Å²) in [7, 11) is 7.10. The second kappa shape index (κ2) is 52.7. The van der Waals surface area contributed by atoms with Crippen LogP contribution < -0.4 is 21.4 Å². The number of hydrogen-bond donors (Lipinski definition) is 4. The maximum Gasteiger partial charge on any atom is 0.341 e. The standard InChI is InChI=1S/2C11H10N6O3.C2H6.2C2H5.CH5N.2CH2O.5CH4.2CH3.H3N.2Y/c2*1-19-9-8-7(4-12-16-8)14-11(15-9)17-5-6(3-13-17)10(18)20-2;6*1-2;;;;;;;;;;/h2*3-5H,1-2H3,(H,12,16);1-2H3;2*1H2,2H3;2H2,1H3;2*1H2;5*1H4;3*1H3;;/q;;;2*-1;;;;;;;;;2*-1;;;. The number of nitrogens with one attached hydrogen (secondary N) is 2. The van der Waals surface area contributed by atoms with Gasteiger partial charge in [-0.25, -0.2) is 28.9 Å². The van der Waals surface area contributed by atoms with Gasteiger partial charge in [0.15, 0.2) is 0 Å². The summed E-state index contributed by atoms with van der Waals surface area (Å²) in [6, 6.07) is 0. The number of methoxy groups -OCH3 is 4. The Kier molecular flexibility index (Phi) is 75.3. The number of fused-ring (bicyclic) bond motifs is 2. The molecule has 0 aliphatic carbocycles. The summed E-state index contributed by atoms with van der Waals surface area (Å²) in [5.41, 5.74) is 7.47. The fourth-order valence-corrected chi connectivity index (χ4v) is 3.41. The zero-order valence-corrected chi connectivity index (χ0v) is 40.1. The molecule has 22 nitrogen and oxygen atoms in total. The molecule has 0 bridgehead atoms. The molecule has 0 aromatic carbocycles. The topological polar surface area (TPSA) is 311 Å². The van der Waals surface area contributed by atoms with E-state index in [1.807, 2.05) is 27.4 Å². The minimum atomic E-state index is -0.479. The molecule has 0 amide bonds. The normalized spacial score (nSPS) is 7.42. The van der Waals surface area contributed by atoms with Gasteiger partial charge >= 0.3 is 11.9 Å². The molecule has 6 heterocycles. The molecule has 6 aromatic rings. The van der Waals surface area contributed by atoms with Crippen LogP contribution in [0.3, 0.4) is 0 Å². The van der Waals surface area contributed by atoms with E-state index in [2.05, 4.69) is 79.6 Å². The van der Waals surface area contributed by atoms with E-state index in [0.717, 1.165) is 0 Å². The fraction of sp³-hybridized carbons (Fsp3) is 0.368. The summed E-state index contributed by atoms with van der Waals surface area (Å²) in [4.78, 5) is 55.8. The molecule has 354 valence electrons.